The van der Waals surface area contributed by atoms with E-state index in [1.165, 1.54) is 16.7 Å². The standard InChI is InChI=1S/C10H17NO3S/c1-7(4-5-14-2)11-9(12)6-8(15-3)10(11)13/h7-8H,4-6H2,1-3H3. The van der Waals surface area contributed by atoms with Crippen LogP contribution >= 0.6 is 11.8 Å². The van der Waals surface area contributed by atoms with Gasteiger partial charge in [0, 0.05) is 26.2 Å². The molecule has 0 N–H and O–H groups in total. The zero-order valence-electron chi connectivity index (χ0n) is 9.36. The molecule has 4 nitrogen and oxygen atoms in total. The van der Waals surface area contributed by atoms with E-state index in [0.29, 0.717) is 19.4 Å². The van der Waals surface area contributed by atoms with Gasteiger partial charge in [-0.2, -0.15) is 11.8 Å². The lowest BCUT2D eigenvalue weighted by atomic mass is 10.2. The van der Waals surface area contributed by atoms with Crippen LogP contribution in [-0.2, 0) is 14.3 Å². The predicted octanol–water partition coefficient (Wildman–Crippen LogP) is 0.902. The first-order valence-electron chi connectivity index (χ1n) is 4.99. The summed E-state index contributed by atoms with van der Waals surface area (Å²) in [5.41, 5.74) is 0. The fourth-order valence-electron chi connectivity index (χ4n) is 1.69. The third-order valence-corrected chi connectivity index (χ3v) is 3.54. The smallest absolute Gasteiger partial charge is 0.243 e. The van der Waals surface area contributed by atoms with Gasteiger partial charge < -0.3 is 4.74 Å². The molecule has 1 fully saturated rings. The monoisotopic (exact) mass is 231 g/mol. The highest BCUT2D eigenvalue weighted by molar-refractivity contribution is 8.00. The fourth-order valence-corrected chi connectivity index (χ4v) is 2.31. The highest BCUT2D eigenvalue weighted by Gasteiger charge is 2.40. The zero-order valence-corrected chi connectivity index (χ0v) is 10.2. The van der Waals surface area contributed by atoms with Gasteiger partial charge in [0.05, 0.1) is 5.25 Å². The number of ether oxygens (including phenoxy) is 1. The van der Waals surface area contributed by atoms with Crippen molar-refractivity contribution in [2.45, 2.75) is 31.1 Å². The van der Waals surface area contributed by atoms with E-state index in [-0.39, 0.29) is 23.1 Å². The number of hydrogen-bond donors (Lipinski definition) is 0. The number of rotatable bonds is 5. The number of hydrogen-bond acceptors (Lipinski definition) is 4. The van der Waals surface area contributed by atoms with Crippen molar-refractivity contribution in [3.8, 4) is 0 Å². The van der Waals surface area contributed by atoms with E-state index >= 15 is 0 Å². The molecule has 2 amide bonds. The summed E-state index contributed by atoms with van der Waals surface area (Å²) in [6, 6.07) is -0.0536. The van der Waals surface area contributed by atoms with Crippen LogP contribution in [0.4, 0.5) is 0 Å². The fraction of sp³-hybridized carbons (Fsp3) is 0.800. The van der Waals surface area contributed by atoms with Crippen molar-refractivity contribution in [2.75, 3.05) is 20.0 Å². The average Bonchev–Trinajstić information content (AvgIpc) is 2.50. The summed E-state index contributed by atoms with van der Waals surface area (Å²) in [4.78, 5) is 24.8. The minimum Gasteiger partial charge on any atom is -0.385 e. The number of nitrogens with zero attached hydrogens (tertiary/aromatic N) is 1. The zero-order chi connectivity index (χ0) is 11.4. The first-order chi connectivity index (χ1) is 7.11. The quantitative estimate of drug-likeness (QED) is 0.660. The van der Waals surface area contributed by atoms with E-state index in [2.05, 4.69) is 0 Å². The van der Waals surface area contributed by atoms with Gasteiger partial charge in [-0.3, -0.25) is 14.5 Å². The molecule has 1 heterocycles. The Bertz CT molecular complexity index is 257. The Balaban J connectivity index is 2.61. The maximum Gasteiger partial charge on any atom is 0.243 e. The number of carbonyl (C=O) groups excluding carboxylic acids is 2. The molecule has 1 saturated heterocycles. The van der Waals surface area contributed by atoms with E-state index in [4.69, 9.17) is 4.74 Å². The summed E-state index contributed by atoms with van der Waals surface area (Å²) < 4.78 is 4.94. The number of thioether (sulfide) groups is 1. The predicted molar refractivity (Wildman–Crippen MR) is 59.7 cm³/mol. The number of carbonyl (C=O) groups is 2. The van der Waals surface area contributed by atoms with Gasteiger partial charge in [-0.15, -0.1) is 0 Å². The number of imide groups is 1. The molecule has 0 aromatic heterocycles. The Morgan fingerprint density at radius 3 is 2.73 bits per heavy atom. The lowest BCUT2D eigenvalue weighted by Crippen LogP contribution is -2.39. The molecule has 1 aliphatic heterocycles. The molecule has 0 aromatic carbocycles. The van der Waals surface area contributed by atoms with Crippen LogP contribution in [0.15, 0.2) is 0 Å². The first-order valence-corrected chi connectivity index (χ1v) is 6.28. The van der Waals surface area contributed by atoms with Gasteiger partial charge in [0.2, 0.25) is 11.8 Å². The number of amides is 2. The second-order valence-electron chi connectivity index (χ2n) is 3.66. The second kappa shape index (κ2) is 5.51. The SMILES string of the molecule is COCCC(C)N1C(=O)CC(SC)C1=O. The van der Waals surface area contributed by atoms with Crippen LogP contribution in [0.3, 0.4) is 0 Å². The molecule has 2 unspecified atom stereocenters. The van der Waals surface area contributed by atoms with Crippen LogP contribution in [-0.4, -0.2) is 48.0 Å². The van der Waals surface area contributed by atoms with Crippen LogP contribution in [0, 0.1) is 0 Å². The minimum absolute atomic E-state index is 0.0453. The summed E-state index contributed by atoms with van der Waals surface area (Å²) in [7, 11) is 1.62. The third-order valence-electron chi connectivity index (χ3n) is 2.61. The molecule has 0 radical (unpaired) electrons. The van der Waals surface area contributed by atoms with Gasteiger partial charge in [-0.05, 0) is 19.6 Å². The van der Waals surface area contributed by atoms with E-state index in [0.717, 1.165) is 0 Å². The maximum absolute atomic E-state index is 11.8. The molecular weight excluding hydrogens is 214 g/mol. The molecule has 1 rings (SSSR count). The van der Waals surface area contributed by atoms with Crippen LogP contribution in [0.25, 0.3) is 0 Å². The van der Waals surface area contributed by atoms with Crippen LogP contribution in [0.1, 0.15) is 19.8 Å². The maximum atomic E-state index is 11.8. The van der Waals surface area contributed by atoms with Crippen molar-refractivity contribution < 1.29 is 14.3 Å². The lowest BCUT2D eigenvalue weighted by molar-refractivity contribution is -0.140. The van der Waals surface area contributed by atoms with Gasteiger partial charge in [-0.1, -0.05) is 0 Å². The Hall–Kier alpha value is -0.550. The van der Waals surface area contributed by atoms with Crippen molar-refractivity contribution in [3.63, 3.8) is 0 Å². The van der Waals surface area contributed by atoms with E-state index < -0.39 is 0 Å². The molecule has 2 atom stereocenters. The molecule has 1 aliphatic rings. The highest BCUT2D eigenvalue weighted by Crippen LogP contribution is 2.25. The third kappa shape index (κ3) is 2.72. The van der Waals surface area contributed by atoms with Crippen molar-refractivity contribution in [3.05, 3.63) is 0 Å². The van der Waals surface area contributed by atoms with Gasteiger partial charge in [0.15, 0.2) is 0 Å². The van der Waals surface area contributed by atoms with Gasteiger partial charge in [0.25, 0.3) is 0 Å². The Labute approximate surface area is 94.3 Å². The molecule has 86 valence electrons. The van der Waals surface area contributed by atoms with E-state index in [1.54, 1.807) is 7.11 Å². The molecule has 0 saturated carbocycles. The summed E-state index contributed by atoms with van der Waals surface area (Å²) in [5.74, 6) is -0.0981. The second-order valence-corrected chi connectivity index (χ2v) is 4.70. The number of methoxy groups -OCH3 is 1. The Morgan fingerprint density at radius 2 is 2.27 bits per heavy atom. The summed E-state index contributed by atoms with van der Waals surface area (Å²) in [6.45, 7) is 2.46. The lowest BCUT2D eigenvalue weighted by Gasteiger charge is -2.22. The minimum atomic E-state index is -0.178. The first kappa shape index (κ1) is 12.5. The Morgan fingerprint density at radius 1 is 1.60 bits per heavy atom. The molecule has 0 spiro atoms. The molecule has 0 aliphatic carbocycles. The van der Waals surface area contributed by atoms with E-state index in [9.17, 15) is 9.59 Å². The van der Waals surface area contributed by atoms with Crippen LogP contribution in [0.2, 0.25) is 0 Å². The Kier molecular flexibility index (Phi) is 4.60. The molecule has 0 bridgehead atoms. The van der Waals surface area contributed by atoms with Crippen molar-refractivity contribution in [1.29, 1.82) is 0 Å². The summed E-state index contributed by atoms with van der Waals surface area (Å²) in [6.07, 6.45) is 2.91. The van der Waals surface area contributed by atoms with Gasteiger partial charge in [-0.25, -0.2) is 0 Å². The van der Waals surface area contributed by atoms with Crippen LogP contribution < -0.4 is 0 Å². The molecule has 0 aromatic rings. The summed E-state index contributed by atoms with van der Waals surface area (Å²) in [5, 5.41) is -0.178. The van der Waals surface area contributed by atoms with Crippen LogP contribution in [0.5, 0.6) is 0 Å². The van der Waals surface area contributed by atoms with Crippen molar-refractivity contribution in [1.82, 2.24) is 4.90 Å². The normalized spacial score (nSPS) is 23.7. The average molecular weight is 231 g/mol. The number of likely N-dealkylation sites (tertiary alicyclic amines) is 1. The van der Waals surface area contributed by atoms with Gasteiger partial charge >= 0.3 is 0 Å². The largest absolute Gasteiger partial charge is 0.385 e. The summed E-state index contributed by atoms with van der Waals surface area (Å²) >= 11 is 1.45. The topological polar surface area (TPSA) is 46.6 Å². The molecule has 5 heteroatoms. The molecule has 15 heavy (non-hydrogen) atoms. The van der Waals surface area contributed by atoms with Crippen molar-refractivity contribution in [2.24, 2.45) is 0 Å². The van der Waals surface area contributed by atoms with Gasteiger partial charge in [0.1, 0.15) is 0 Å². The van der Waals surface area contributed by atoms with E-state index in [1.807, 2.05) is 13.2 Å². The van der Waals surface area contributed by atoms with Crippen molar-refractivity contribution >= 4 is 23.6 Å². The molecular formula is C10H17NO3S. The highest BCUT2D eigenvalue weighted by atomic mass is 32.2.